The van der Waals surface area contributed by atoms with Crippen LogP contribution in [0.4, 0.5) is 0 Å². The van der Waals surface area contributed by atoms with Crippen molar-refractivity contribution in [1.29, 1.82) is 0 Å². The Kier molecular flexibility index (Phi) is 40.1. The van der Waals surface area contributed by atoms with E-state index in [0.29, 0.717) is 98.3 Å². The Hall–Kier alpha value is -9.30. The van der Waals surface area contributed by atoms with Crippen molar-refractivity contribution in [3.05, 3.63) is 161 Å². The quantitative estimate of drug-likeness (QED) is 0.00687. The van der Waals surface area contributed by atoms with Crippen molar-refractivity contribution in [2.45, 2.75) is 196 Å². The molecule has 3 aliphatic heterocycles. The molecule has 6 atom stereocenters. The number of carbonyl (C=O) groups is 6. The van der Waals surface area contributed by atoms with Crippen molar-refractivity contribution < 1.29 is 93.8 Å². The van der Waals surface area contributed by atoms with E-state index in [1.807, 2.05) is 64.8 Å². The molecule has 670 valence electrons. The normalized spacial score (nSPS) is 16.2. The molecule has 0 bridgehead atoms. The average molecular weight is 1830 g/mol. The summed E-state index contributed by atoms with van der Waals surface area (Å²) in [6.07, 6.45) is 16.2. The Morgan fingerprint density at radius 3 is 0.960 bits per heavy atom. The van der Waals surface area contributed by atoms with Crippen LogP contribution in [-0.4, -0.2) is 171 Å². The van der Waals surface area contributed by atoms with Gasteiger partial charge in [-0.15, -0.1) is 0 Å². The van der Waals surface area contributed by atoms with Crippen LogP contribution in [0.25, 0.3) is 43.9 Å². The molecule has 4 unspecified atom stereocenters. The maximum Gasteiger partial charge on any atom is 0.374 e. The third kappa shape index (κ3) is 30.8. The predicted molar refractivity (Wildman–Crippen MR) is 487 cm³/mol. The largest absolute Gasteiger partial charge is 0.489 e. The maximum absolute atomic E-state index is 13.5. The van der Waals surface area contributed by atoms with E-state index in [1.54, 1.807) is 57.2 Å². The fourth-order valence-electron chi connectivity index (χ4n) is 13.3. The number of aliphatic imine (C=N–C) groups is 2. The molecule has 3 aliphatic rings. The highest BCUT2D eigenvalue weighted by molar-refractivity contribution is 8.78. The number of carbonyl (C=O) groups excluding carboxylic acids is 6. The number of esters is 6. The summed E-state index contributed by atoms with van der Waals surface area (Å²) in [7, 11) is 11.6. The molecular weight excluding hydrogens is 1720 g/mol. The monoisotopic (exact) mass is 1820 g/mol. The molecule has 0 radical (unpaired) electrons. The van der Waals surface area contributed by atoms with Gasteiger partial charge in [-0.3, -0.25) is 38.8 Å². The summed E-state index contributed by atoms with van der Waals surface area (Å²) in [4.78, 5) is 139. The van der Waals surface area contributed by atoms with E-state index in [0.717, 1.165) is 82.1 Å². The lowest BCUT2D eigenvalue weighted by molar-refractivity contribution is -0.154. The van der Waals surface area contributed by atoms with Gasteiger partial charge in [-0.2, -0.15) is 0 Å². The Bertz CT molecular complexity index is 5050. The summed E-state index contributed by atoms with van der Waals surface area (Å²) in [6.45, 7) is 5.50. The van der Waals surface area contributed by atoms with Crippen LogP contribution < -0.4 is 63.6 Å². The molecule has 3 fully saturated rings. The van der Waals surface area contributed by atoms with Gasteiger partial charge in [0.15, 0.2) is 33.9 Å². The van der Waals surface area contributed by atoms with E-state index in [-0.39, 0.29) is 143 Å². The van der Waals surface area contributed by atoms with E-state index in [2.05, 4.69) is 9.98 Å². The Labute approximate surface area is 740 Å². The molecule has 0 spiro atoms. The minimum Gasteiger partial charge on any atom is -0.489 e. The van der Waals surface area contributed by atoms with Crippen LogP contribution in [-0.2, 0) is 38.0 Å². The predicted octanol–water partition coefficient (Wildman–Crippen LogP) is 15.1. The van der Waals surface area contributed by atoms with Gasteiger partial charge >= 0.3 is 35.8 Å². The topological polar surface area (TPSA) is 444 Å². The number of fused-ring (bicyclic) bond motifs is 4. The molecule has 11 rings (SSSR count). The molecule has 0 amide bonds. The zero-order valence-corrected chi connectivity index (χ0v) is 74.7. The summed E-state index contributed by atoms with van der Waals surface area (Å²) in [5.41, 5.74) is 21.8. The first kappa shape index (κ1) is 96.9. The van der Waals surface area contributed by atoms with Crippen LogP contribution in [0.1, 0.15) is 198 Å². The van der Waals surface area contributed by atoms with Gasteiger partial charge in [-0.05, 0) is 166 Å². The van der Waals surface area contributed by atoms with Crippen LogP contribution in [0.5, 0.6) is 23.0 Å². The second kappa shape index (κ2) is 51.4. The van der Waals surface area contributed by atoms with Crippen molar-refractivity contribution in [3.63, 3.8) is 0 Å². The zero-order chi connectivity index (χ0) is 88.1. The van der Waals surface area contributed by atoms with Gasteiger partial charge in [0.05, 0.1) is 38.1 Å². The van der Waals surface area contributed by atoms with Crippen LogP contribution in [0.15, 0.2) is 144 Å². The zero-order valence-electron chi connectivity index (χ0n) is 69.8. The van der Waals surface area contributed by atoms with E-state index >= 15 is 0 Å². The highest BCUT2D eigenvalue weighted by Gasteiger charge is 2.29. The number of hydrogen-bond acceptors (Lipinski definition) is 34. The lowest BCUT2D eigenvalue weighted by Crippen LogP contribution is -2.39. The average Bonchev–Trinajstić information content (AvgIpc) is 1.81. The molecular formula is C88H108N6O24S6. The Morgan fingerprint density at radius 1 is 0.403 bits per heavy atom. The molecule has 0 aliphatic carbocycles. The number of hydrogen-bond donors (Lipinski definition) is 4. The number of amidine groups is 2. The van der Waals surface area contributed by atoms with Gasteiger partial charge in [-0.25, -0.2) is 19.2 Å². The Morgan fingerprint density at radius 2 is 0.694 bits per heavy atom. The first-order chi connectivity index (χ1) is 60.1. The molecule has 0 saturated carbocycles. The van der Waals surface area contributed by atoms with Crippen molar-refractivity contribution in [3.8, 4) is 23.0 Å². The lowest BCUT2D eigenvalue weighted by atomic mass is 10.1. The fourth-order valence-corrected chi connectivity index (χ4v) is 22.4. The maximum atomic E-state index is 13.5. The Balaban J connectivity index is 0.000000262. The smallest absolute Gasteiger partial charge is 0.374 e. The molecule has 7 heterocycles. The first-order valence-electron chi connectivity index (χ1n) is 41.9. The van der Waals surface area contributed by atoms with E-state index in [4.69, 9.17) is 88.0 Å². The summed E-state index contributed by atoms with van der Waals surface area (Å²) in [6, 6.07) is 20.8. The van der Waals surface area contributed by atoms with E-state index in [1.165, 1.54) is 72.9 Å². The summed E-state index contributed by atoms with van der Waals surface area (Å²) in [5.74, 6) is -0.477. The van der Waals surface area contributed by atoms with E-state index < -0.39 is 81.8 Å². The van der Waals surface area contributed by atoms with Gasteiger partial charge in [0.2, 0.25) is 23.0 Å². The molecule has 4 aromatic carbocycles. The number of unbranched alkanes of at least 4 members (excludes halogenated alkanes) is 8. The summed E-state index contributed by atoms with van der Waals surface area (Å²) in [5, 5.41) is 2.33. The van der Waals surface area contributed by atoms with Gasteiger partial charge in [0.1, 0.15) is 105 Å². The van der Waals surface area contributed by atoms with Crippen LogP contribution >= 0.6 is 64.8 Å². The van der Waals surface area contributed by atoms with Gasteiger partial charge < -0.3 is 88.0 Å². The molecule has 30 nitrogen and oxygen atoms in total. The summed E-state index contributed by atoms with van der Waals surface area (Å²) >= 11 is 0. The third-order valence-corrected chi connectivity index (χ3v) is 28.8. The number of benzene rings is 4. The van der Waals surface area contributed by atoms with Crippen molar-refractivity contribution >= 4 is 156 Å². The second-order valence-electron chi connectivity index (χ2n) is 29.7. The van der Waals surface area contributed by atoms with Crippen molar-refractivity contribution in [1.82, 2.24) is 0 Å². The third-order valence-electron chi connectivity index (χ3n) is 19.8. The minimum absolute atomic E-state index is 0.0485. The van der Waals surface area contributed by atoms with Crippen molar-refractivity contribution in [2.24, 2.45) is 32.9 Å². The van der Waals surface area contributed by atoms with Crippen LogP contribution in [0.3, 0.4) is 0 Å². The highest BCUT2D eigenvalue weighted by Crippen LogP contribution is 2.42. The number of nitrogens with two attached hydrogens (primary N) is 4. The van der Waals surface area contributed by atoms with Crippen molar-refractivity contribution in [2.75, 3.05) is 83.2 Å². The first-order valence-corrected chi connectivity index (χ1v) is 49.0. The molecule has 8 aromatic rings. The SMILES string of the molecule is CC(N)=NCCCC[C@H](N)C(=O)OC(COc1cccc2oc(C(=O)OCCCCCC3CCSS3)cc(=O)c12)COc1cccc2oc(C(=O)OCCCCCC3CCSS3)cc(=O)c12.CCOC(=O)c1cc(=O)c2c(OCC(COc3cccc4oc(C(=O)OCCCCCC5CCSS5)cc(=O)c34)OC(=O)[C@@H](N)CCCCN=C(C)N)cccc2o1. The highest BCUT2D eigenvalue weighted by atomic mass is 33.1. The standard InChI is InChI=1S/C47H59N3O12S4.C41H49N3O12S2/c1-30(48)50-21-7-6-14-34(49)45(53)60-31(28-58-37-15-10-17-39-43(37)35(51)26-41(61-39)46(54)56-22-8-2-4-12-32-19-24-63-65-32)29-59-38-16-11-18-40-44(38)36(52)27-42(62-40)47(55)57-23-9-3-5-13-33-20-25-64-66-33;1-3-50-40(48)35-21-29(45)37-31(13-9-15-33(37)55-35)52-23-26(54-39(47)28(43)12-6-7-18-44-25(2)42)24-53-32-14-10-16-34-38(32)30(46)22-36(56-34)41(49)51-19-8-4-5-11-27-17-20-57-58-27/h10-11,15-18,26-27,31-34H,2-9,12-14,19-25,28-29,49H2,1H3,(H2,48,50);9-10,13-16,21-22,26-28H,3-8,11-12,17-20,23-24,43H2,1-2H3,(H2,42,44)/t31?,32?,33?,34-;26?,27?,28-/m00/s1. The molecule has 4 aromatic heterocycles. The lowest BCUT2D eigenvalue weighted by Gasteiger charge is -2.21. The van der Waals surface area contributed by atoms with Gasteiger partial charge in [0, 0.05) is 70.4 Å². The molecule has 8 N–H and O–H groups in total. The fraction of sp³-hybridized carbons (Fsp3) is 0.500. The van der Waals surface area contributed by atoms with E-state index in [9.17, 15) is 47.9 Å². The number of ether oxygens (including phenoxy) is 10. The van der Waals surface area contributed by atoms with Gasteiger partial charge in [0.25, 0.3) is 0 Å². The summed E-state index contributed by atoms with van der Waals surface area (Å²) < 4.78 is 80.1. The molecule has 124 heavy (non-hydrogen) atoms. The molecule has 3 saturated heterocycles. The molecule has 36 heteroatoms. The van der Waals surface area contributed by atoms with Crippen LogP contribution in [0.2, 0.25) is 0 Å². The van der Waals surface area contributed by atoms with Crippen LogP contribution in [0, 0.1) is 0 Å². The second-order valence-corrected chi connectivity index (χ2v) is 38.1. The minimum atomic E-state index is -1.10. The number of nitrogens with zero attached hydrogens (tertiary/aromatic N) is 2. The van der Waals surface area contributed by atoms with Gasteiger partial charge in [-0.1, -0.05) is 128 Å². The number of rotatable bonds is 49.